The third-order valence-corrected chi connectivity index (χ3v) is 4.64. The number of anilines is 1. The average Bonchev–Trinajstić information content (AvgIpc) is 3.34. The third kappa shape index (κ3) is 3.06. The van der Waals surface area contributed by atoms with Crippen LogP contribution in [0.25, 0.3) is 22.8 Å². The molecule has 0 amide bonds. The molecule has 0 spiro atoms. The largest absolute Gasteiger partial charge is 0.506 e. The van der Waals surface area contributed by atoms with Crippen LogP contribution in [0.4, 0.5) is 5.69 Å². The lowest BCUT2D eigenvalue weighted by Crippen LogP contribution is -2.17. The maximum Gasteiger partial charge on any atom is 0.258 e. The zero-order valence-electron chi connectivity index (χ0n) is 14.5. The van der Waals surface area contributed by atoms with Gasteiger partial charge in [0.25, 0.3) is 5.89 Å². The highest BCUT2D eigenvalue weighted by atomic mass is 16.5. The molecule has 0 bridgehead atoms. The minimum Gasteiger partial charge on any atom is -0.506 e. The van der Waals surface area contributed by atoms with Gasteiger partial charge in [-0.05, 0) is 50.1 Å². The standard InChI is InChI=1S/C20H19N3O3/c1-13(24)14-4-6-15(7-5-14)20-21-19(22-26-20)16-8-9-18(25)17(12-16)23-10-2-3-11-23/h4-9,12,25H,2-3,10-11H2,1H3. The number of phenols is 1. The van der Waals surface area contributed by atoms with Crippen molar-refractivity contribution in [3.8, 4) is 28.6 Å². The van der Waals surface area contributed by atoms with Gasteiger partial charge in [-0.2, -0.15) is 4.98 Å². The molecular formula is C20H19N3O3. The summed E-state index contributed by atoms with van der Waals surface area (Å²) in [4.78, 5) is 18.0. The van der Waals surface area contributed by atoms with E-state index in [2.05, 4.69) is 15.0 Å². The van der Waals surface area contributed by atoms with Gasteiger partial charge in [0.1, 0.15) is 5.75 Å². The first-order valence-electron chi connectivity index (χ1n) is 8.65. The Labute approximate surface area is 151 Å². The van der Waals surface area contributed by atoms with Crippen LogP contribution in [-0.4, -0.2) is 34.1 Å². The number of aromatic hydroxyl groups is 1. The number of aromatic nitrogens is 2. The highest BCUT2D eigenvalue weighted by molar-refractivity contribution is 5.94. The van der Waals surface area contributed by atoms with E-state index < -0.39 is 0 Å². The molecule has 2 aromatic carbocycles. The van der Waals surface area contributed by atoms with Crippen LogP contribution < -0.4 is 4.90 Å². The van der Waals surface area contributed by atoms with E-state index in [4.69, 9.17) is 4.52 Å². The number of hydrogen-bond acceptors (Lipinski definition) is 6. The van der Waals surface area contributed by atoms with Gasteiger partial charge < -0.3 is 14.5 Å². The van der Waals surface area contributed by atoms with Crippen LogP contribution in [0.1, 0.15) is 30.1 Å². The molecule has 0 atom stereocenters. The maximum atomic E-state index is 11.4. The van der Waals surface area contributed by atoms with Crippen molar-refractivity contribution in [2.24, 2.45) is 0 Å². The Morgan fingerprint density at radius 2 is 1.77 bits per heavy atom. The summed E-state index contributed by atoms with van der Waals surface area (Å²) in [5.41, 5.74) is 2.99. The van der Waals surface area contributed by atoms with Crippen molar-refractivity contribution in [3.63, 3.8) is 0 Å². The van der Waals surface area contributed by atoms with Crippen LogP contribution in [0.2, 0.25) is 0 Å². The first-order chi connectivity index (χ1) is 12.6. The van der Waals surface area contributed by atoms with Crippen LogP contribution in [0.15, 0.2) is 47.0 Å². The molecule has 1 aliphatic heterocycles. The summed E-state index contributed by atoms with van der Waals surface area (Å²) in [5.74, 6) is 1.14. The normalized spacial score (nSPS) is 14.0. The monoisotopic (exact) mass is 349 g/mol. The van der Waals surface area contributed by atoms with Crippen LogP contribution in [-0.2, 0) is 0 Å². The van der Waals surface area contributed by atoms with E-state index in [0.29, 0.717) is 17.3 Å². The van der Waals surface area contributed by atoms with Crippen LogP contribution in [0.3, 0.4) is 0 Å². The number of ketones is 1. The summed E-state index contributed by atoms with van der Waals surface area (Å²) >= 11 is 0. The number of Topliss-reactive ketones (excluding diaryl/α,β-unsaturated/α-hetero) is 1. The summed E-state index contributed by atoms with van der Waals surface area (Å²) in [7, 11) is 0. The smallest absolute Gasteiger partial charge is 0.258 e. The first kappa shape index (κ1) is 16.3. The molecule has 1 N–H and O–H groups in total. The molecule has 6 heteroatoms. The first-order valence-corrected chi connectivity index (χ1v) is 8.65. The molecule has 1 saturated heterocycles. The van der Waals surface area contributed by atoms with Gasteiger partial charge in [0.15, 0.2) is 5.78 Å². The van der Waals surface area contributed by atoms with Gasteiger partial charge in [-0.3, -0.25) is 4.79 Å². The minimum absolute atomic E-state index is 0.0151. The predicted octanol–water partition coefficient (Wildman–Crippen LogP) is 3.91. The van der Waals surface area contributed by atoms with E-state index in [1.54, 1.807) is 36.4 Å². The molecule has 26 heavy (non-hydrogen) atoms. The maximum absolute atomic E-state index is 11.4. The highest BCUT2D eigenvalue weighted by Crippen LogP contribution is 2.34. The Balaban J connectivity index is 1.63. The van der Waals surface area contributed by atoms with E-state index in [-0.39, 0.29) is 11.5 Å². The van der Waals surface area contributed by atoms with Gasteiger partial charge in [0.05, 0.1) is 5.69 Å². The van der Waals surface area contributed by atoms with Gasteiger partial charge in [-0.15, -0.1) is 0 Å². The van der Waals surface area contributed by atoms with E-state index in [1.165, 1.54) is 6.92 Å². The molecule has 3 aromatic rings. The fourth-order valence-electron chi connectivity index (χ4n) is 3.18. The Hall–Kier alpha value is -3.15. The fraction of sp³-hybridized carbons (Fsp3) is 0.250. The molecule has 4 rings (SSSR count). The molecule has 0 unspecified atom stereocenters. The zero-order chi connectivity index (χ0) is 18.1. The van der Waals surface area contributed by atoms with Crippen LogP contribution in [0.5, 0.6) is 5.75 Å². The van der Waals surface area contributed by atoms with Crippen molar-refractivity contribution < 1.29 is 14.4 Å². The van der Waals surface area contributed by atoms with Gasteiger partial charge >= 0.3 is 0 Å². The molecule has 2 heterocycles. The van der Waals surface area contributed by atoms with Crippen LogP contribution >= 0.6 is 0 Å². The number of nitrogens with zero attached hydrogens (tertiary/aromatic N) is 3. The summed E-state index contributed by atoms with van der Waals surface area (Å²) in [5, 5.41) is 14.2. The lowest BCUT2D eigenvalue weighted by molar-refractivity contribution is 0.101. The van der Waals surface area contributed by atoms with Gasteiger partial charge in [-0.25, -0.2) is 0 Å². The average molecular weight is 349 g/mol. The minimum atomic E-state index is 0.0151. The highest BCUT2D eigenvalue weighted by Gasteiger charge is 2.18. The summed E-state index contributed by atoms with van der Waals surface area (Å²) in [6.07, 6.45) is 2.26. The SMILES string of the molecule is CC(=O)c1ccc(-c2nc(-c3ccc(O)c(N4CCCC4)c3)no2)cc1. The van der Waals surface area contributed by atoms with Gasteiger partial charge in [0.2, 0.25) is 5.82 Å². The number of benzene rings is 2. The third-order valence-electron chi connectivity index (χ3n) is 4.64. The fourth-order valence-corrected chi connectivity index (χ4v) is 3.18. The molecule has 132 valence electrons. The molecular weight excluding hydrogens is 330 g/mol. The number of hydrogen-bond donors (Lipinski definition) is 1. The van der Waals surface area contributed by atoms with Crippen molar-refractivity contribution in [1.29, 1.82) is 0 Å². The second-order valence-electron chi connectivity index (χ2n) is 6.45. The molecule has 0 saturated carbocycles. The molecule has 1 fully saturated rings. The molecule has 1 aromatic heterocycles. The molecule has 1 aliphatic rings. The lowest BCUT2D eigenvalue weighted by Gasteiger charge is -2.19. The summed E-state index contributed by atoms with van der Waals surface area (Å²) in [6, 6.07) is 12.4. The van der Waals surface area contributed by atoms with Crippen molar-refractivity contribution in [2.75, 3.05) is 18.0 Å². The Kier molecular flexibility index (Phi) is 4.16. The molecule has 6 nitrogen and oxygen atoms in total. The predicted molar refractivity (Wildman–Crippen MR) is 98.3 cm³/mol. The van der Waals surface area contributed by atoms with Crippen molar-refractivity contribution in [3.05, 3.63) is 48.0 Å². The Morgan fingerprint density at radius 1 is 1.08 bits per heavy atom. The lowest BCUT2D eigenvalue weighted by atomic mass is 10.1. The Bertz CT molecular complexity index is 941. The van der Waals surface area contributed by atoms with Crippen LogP contribution in [0, 0.1) is 0 Å². The molecule has 0 radical (unpaired) electrons. The van der Waals surface area contributed by atoms with Gasteiger partial charge in [0, 0.05) is 29.8 Å². The van der Waals surface area contributed by atoms with E-state index in [0.717, 1.165) is 42.7 Å². The van der Waals surface area contributed by atoms with E-state index in [9.17, 15) is 9.90 Å². The number of rotatable bonds is 4. The Morgan fingerprint density at radius 3 is 2.46 bits per heavy atom. The van der Waals surface area contributed by atoms with E-state index in [1.807, 2.05) is 6.07 Å². The van der Waals surface area contributed by atoms with Crippen molar-refractivity contribution in [1.82, 2.24) is 10.1 Å². The van der Waals surface area contributed by atoms with Crippen molar-refractivity contribution in [2.45, 2.75) is 19.8 Å². The number of carbonyl (C=O) groups is 1. The quantitative estimate of drug-likeness (QED) is 0.719. The second kappa shape index (κ2) is 6.63. The summed E-state index contributed by atoms with van der Waals surface area (Å²) < 4.78 is 5.38. The second-order valence-corrected chi connectivity index (χ2v) is 6.45. The van der Waals surface area contributed by atoms with E-state index >= 15 is 0 Å². The zero-order valence-corrected chi connectivity index (χ0v) is 14.5. The summed E-state index contributed by atoms with van der Waals surface area (Å²) in [6.45, 7) is 3.41. The van der Waals surface area contributed by atoms with Crippen molar-refractivity contribution >= 4 is 11.5 Å². The number of carbonyl (C=O) groups excluding carboxylic acids is 1. The topological polar surface area (TPSA) is 79.5 Å². The van der Waals surface area contributed by atoms with Gasteiger partial charge in [-0.1, -0.05) is 17.3 Å². The number of phenolic OH excluding ortho intramolecular Hbond substituents is 1. The molecule has 0 aliphatic carbocycles.